The normalized spacial score (nSPS) is 10.1. The van der Waals surface area contributed by atoms with Gasteiger partial charge in [-0.15, -0.1) is 0 Å². The molecule has 18 heavy (non-hydrogen) atoms. The largest absolute Gasteiger partial charge is 0.334 e. The highest BCUT2D eigenvalue weighted by Crippen LogP contribution is 2.09. The van der Waals surface area contributed by atoms with Gasteiger partial charge in [-0.2, -0.15) is 5.10 Å². The highest BCUT2D eigenvalue weighted by atomic mass is 16.2. The Morgan fingerprint density at radius 1 is 1.39 bits per heavy atom. The van der Waals surface area contributed by atoms with Crippen molar-refractivity contribution < 1.29 is 4.79 Å². The Hall–Kier alpha value is -2.34. The number of hydrogen-bond donors (Lipinski definition) is 4. The summed E-state index contributed by atoms with van der Waals surface area (Å²) in [5.41, 5.74) is 8.15. The topological polar surface area (TPSA) is 95.8 Å². The first kappa shape index (κ1) is 12.1. The number of amides is 2. The second kappa shape index (κ2) is 5.83. The maximum absolute atomic E-state index is 11.6. The summed E-state index contributed by atoms with van der Waals surface area (Å²) in [6, 6.07) is 7.17. The molecule has 6 nitrogen and oxygen atoms in total. The van der Waals surface area contributed by atoms with Crippen molar-refractivity contribution >= 4 is 11.7 Å². The van der Waals surface area contributed by atoms with E-state index < -0.39 is 0 Å². The number of benzene rings is 1. The van der Waals surface area contributed by atoms with E-state index in [1.165, 1.54) is 0 Å². The van der Waals surface area contributed by atoms with Crippen LogP contribution in [0.5, 0.6) is 0 Å². The SMILES string of the molecule is NCc1cccc(NC(=O)NCc2cn[nH]c2)c1. The van der Waals surface area contributed by atoms with Gasteiger partial charge in [-0.1, -0.05) is 12.1 Å². The van der Waals surface area contributed by atoms with Gasteiger partial charge in [0.05, 0.1) is 6.20 Å². The van der Waals surface area contributed by atoms with Gasteiger partial charge in [0, 0.05) is 30.5 Å². The molecule has 1 heterocycles. The van der Waals surface area contributed by atoms with Crippen molar-refractivity contribution in [1.29, 1.82) is 0 Å². The molecule has 0 fully saturated rings. The molecule has 0 spiro atoms. The van der Waals surface area contributed by atoms with E-state index in [9.17, 15) is 4.79 Å². The number of aromatic nitrogens is 2. The Morgan fingerprint density at radius 3 is 3.00 bits per heavy atom. The fraction of sp³-hybridized carbons (Fsp3) is 0.167. The summed E-state index contributed by atoms with van der Waals surface area (Å²) in [7, 11) is 0. The van der Waals surface area contributed by atoms with Crippen LogP contribution < -0.4 is 16.4 Å². The van der Waals surface area contributed by atoms with E-state index >= 15 is 0 Å². The molecule has 1 aromatic carbocycles. The van der Waals surface area contributed by atoms with E-state index in [4.69, 9.17) is 5.73 Å². The molecular weight excluding hydrogens is 230 g/mol. The predicted octanol–water partition coefficient (Wildman–Crippen LogP) is 1.19. The molecule has 0 aliphatic carbocycles. The van der Waals surface area contributed by atoms with Gasteiger partial charge in [-0.25, -0.2) is 4.79 Å². The lowest BCUT2D eigenvalue weighted by molar-refractivity contribution is 0.251. The van der Waals surface area contributed by atoms with E-state index in [2.05, 4.69) is 20.8 Å². The Kier molecular flexibility index (Phi) is 3.93. The van der Waals surface area contributed by atoms with Crippen molar-refractivity contribution in [2.75, 3.05) is 5.32 Å². The highest BCUT2D eigenvalue weighted by Gasteiger charge is 2.02. The Bertz CT molecular complexity index is 509. The van der Waals surface area contributed by atoms with Gasteiger partial charge in [-0.3, -0.25) is 5.10 Å². The molecule has 0 atom stereocenters. The molecule has 94 valence electrons. The average molecular weight is 245 g/mol. The summed E-state index contributed by atoms with van der Waals surface area (Å²) < 4.78 is 0. The molecule has 0 saturated heterocycles. The third kappa shape index (κ3) is 3.33. The van der Waals surface area contributed by atoms with Gasteiger partial charge in [0.2, 0.25) is 0 Å². The van der Waals surface area contributed by atoms with Crippen LogP contribution in [0.15, 0.2) is 36.7 Å². The molecule has 5 N–H and O–H groups in total. The molecule has 0 radical (unpaired) electrons. The molecule has 0 unspecified atom stereocenters. The van der Waals surface area contributed by atoms with Crippen LogP contribution in [0.3, 0.4) is 0 Å². The van der Waals surface area contributed by atoms with Crippen molar-refractivity contribution in [2.24, 2.45) is 5.73 Å². The third-order valence-corrected chi connectivity index (χ3v) is 2.43. The number of aromatic amines is 1. The molecule has 6 heteroatoms. The fourth-order valence-electron chi connectivity index (χ4n) is 1.51. The van der Waals surface area contributed by atoms with Crippen molar-refractivity contribution in [2.45, 2.75) is 13.1 Å². The van der Waals surface area contributed by atoms with Crippen LogP contribution in [-0.2, 0) is 13.1 Å². The minimum absolute atomic E-state index is 0.259. The first-order valence-electron chi connectivity index (χ1n) is 5.59. The van der Waals surface area contributed by atoms with Gasteiger partial charge in [-0.05, 0) is 17.7 Å². The number of H-pyrrole nitrogens is 1. The van der Waals surface area contributed by atoms with Crippen LogP contribution in [0.1, 0.15) is 11.1 Å². The first-order valence-corrected chi connectivity index (χ1v) is 5.59. The van der Waals surface area contributed by atoms with Gasteiger partial charge in [0.15, 0.2) is 0 Å². The second-order valence-corrected chi connectivity index (χ2v) is 3.82. The number of nitrogens with zero attached hydrogens (tertiary/aromatic N) is 1. The first-order chi connectivity index (χ1) is 8.78. The van der Waals surface area contributed by atoms with E-state index in [1.54, 1.807) is 12.4 Å². The van der Waals surface area contributed by atoms with Gasteiger partial charge >= 0.3 is 6.03 Å². The van der Waals surface area contributed by atoms with Crippen LogP contribution in [0, 0.1) is 0 Å². The zero-order chi connectivity index (χ0) is 12.8. The molecule has 0 aliphatic heterocycles. The molecule has 2 amide bonds. The lowest BCUT2D eigenvalue weighted by atomic mass is 10.2. The van der Waals surface area contributed by atoms with Crippen LogP contribution in [0.2, 0.25) is 0 Å². The molecular formula is C12H15N5O. The van der Waals surface area contributed by atoms with Crippen LogP contribution >= 0.6 is 0 Å². The number of carbonyl (C=O) groups is 1. The lowest BCUT2D eigenvalue weighted by Gasteiger charge is -2.07. The molecule has 0 bridgehead atoms. The quantitative estimate of drug-likeness (QED) is 0.651. The van der Waals surface area contributed by atoms with Gasteiger partial charge < -0.3 is 16.4 Å². The number of nitrogens with two attached hydrogens (primary N) is 1. The molecule has 0 saturated carbocycles. The highest BCUT2D eigenvalue weighted by molar-refractivity contribution is 5.89. The van der Waals surface area contributed by atoms with Gasteiger partial charge in [0.1, 0.15) is 0 Å². The van der Waals surface area contributed by atoms with Crippen molar-refractivity contribution in [3.8, 4) is 0 Å². The summed E-state index contributed by atoms with van der Waals surface area (Å²) in [4.78, 5) is 11.6. The summed E-state index contributed by atoms with van der Waals surface area (Å²) in [5.74, 6) is 0. The standard InChI is InChI=1S/C12H15N5O/c13-5-9-2-1-3-11(4-9)17-12(18)14-6-10-7-15-16-8-10/h1-4,7-8H,5-6,13H2,(H,15,16)(H2,14,17,18). The zero-order valence-electron chi connectivity index (χ0n) is 9.81. The number of rotatable bonds is 4. The molecule has 0 aliphatic rings. The number of hydrogen-bond acceptors (Lipinski definition) is 3. The Balaban J connectivity index is 1.86. The zero-order valence-corrected chi connectivity index (χ0v) is 9.81. The van der Waals surface area contributed by atoms with Crippen LogP contribution in [0.25, 0.3) is 0 Å². The number of carbonyl (C=O) groups excluding carboxylic acids is 1. The minimum Gasteiger partial charge on any atom is -0.334 e. The number of urea groups is 1. The predicted molar refractivity (Wildman–Crippen MR) is 68.8 cm³/mol. The maximum atomic E-state index is 11.6. The summed E-state index contributed by atoms with van der Waals surface area (Å²) in [6.45, 7) is 0.880. The Labute approximate surface area is 105 Å². The average Bonchev–Trinajstić information content (AvgIpc) is 2.90. The summed E-state index contributed by atoms with van der Waals surface area (Å²) in [5, 5.41) is 12.0. The molecule has 2 aromatic rings. The monoisotopic (exact) mass is 245 g/mol. The Morgan fingerprint density at radius 2 is 2.28 bits per heavy atom. The van der Waals surface area contributed by atoms with Gasteiger partial charge in [0.25, 0.3) is 0 Å². The van der Waals surface area contributed by atoms with Crippen LogP contribution in [0.4, 0.5) is 10.5 Å². The fourth-order valence-corrected chi connectivity index (χ4v) is 1.51. The van der Waals surface area contributed by atoms with Crippen LogP contribution in [-0.4, -0.2) is 16.2 Å². The smallest absolute Gasteiger partial charge is 0.319 e. The summed E-state index contributed by atoms with van der Waals surface area (Å²) >= 11 is 0. The summed E-state index contributed by atoms with van der Waals surface area (Å²) in [6.07, 6.45) is 3.39. The maximum Gasteiger partial charge on any atom is 0.319 e. The van der Waals surface area contributed by atoms with E-state index in [-0.39, 0.29) is 6.03 Å². The number of nitrogens with one attached hydrogen (secondary N) is 3. The minimum atomic E-state index is -0.259. The molecule has 2 rings (SSSR count). The van der Waals surface area contributed by atoms with E-state index in [0.29, 0.717) is 13.1 Å². The number of anilines is 1. The van der Waals surface area contributed by atoms with E-state index in [0.717, 1.165) is 16.8 Å². The molecule has 1 aromatic heterocycles. The second-order valence-electron chi connectivity index (χ2n) is 3.82. The third-order valence-electron chi connectivity index (χ3n) is 2.43. The van der Waals surface area contributed by atoms with E-state index in [1.807, 2.05) is 24.3 Å². The van der Waals surface area contributed by atoms with Crippen molar-refractivity contribution in [3.63, 3.8) is 0 Å². The van der Waals surface area contributed by atoms with Crippen molar-refractivity contribution in [3.05, 3.63) is 47.8 Å². The lowest BCUT2D eigenvalue weighted by Crippen LogP contribution is -2.28. The van der Waals surface area contributed by atoms with Crippen molar-refractivity contribution in [1.82, 2.24) is 15.5 Å².